The van der Waals surface area contributed by atoms with Crippen LogP contribution in [-0.2, 0) is 13.0 Å². The Morgan fingerprint density at radius 2 is 2.04 bits per heavy atom. The van der Waals surface area contributed by atoms with Gasteiger partial charge in [0.1, 0.15) is 5.82 Å². The Labute approximate surface area is 174 Å². The molecule has 1 aromatic heterocycles. The number of aliphatic imine (C=N–C) groups is 1. The molecule has 0 spiro atoms. The minimum absolute atomic E-state index is 0.204. The second-order valence-electron chi connectivity index (χ2n) is 7.04. The lowest BCUT2D eigenvalue weighted by atomic mass is 10.1. The minimum atomic E-state index is -0.204. The zero-order valence-electron chi connectivity index (χ0n) is 16.5. The van der Waals surface area contributed by atoms with Gasteiger partial charge >= 0.3 is 0 Å². The summed E-state index contributed by atoms with van der Waals surface area (Å²) < 4.78 is 14.2. The van der Waals surface area contributed by atoms with Crippen LogP contribution < -0.4 is 5.32 Å². The molecule has 1 aromatic carbocycles. The number of guanidine groups is 1. The first-order chi connectivity index (χ1) is 13.6. The van der Waals surface area contributed by atoms with Crippen molar-refractivity contribution in [1.82, 2.24) is 20.1 Å². The first-order valence-corrected chi connectivity index (χ1v) is 10.4. The van der Waals surface area contributed by atoms with Crippen LogP contribution >= 0.6 is 15.9 Å². The Morgan fingerprint density at radius 1 is 1.25 bits per heavy atom. The normalized spacial score (nSPS) is 15.7. The molecule has 3 rings (SSSR count). The number of aryl methyl sites for hydroxylation is 1. The van der Waals surface area contributed by atoms with E-state index in [9.17, 15) is 4.39 Å². The van der Waals surface area contributed by atoms with E-state index in [1.807, 2.05) is 25.5 Å². The molecule has 0 bridgehead atoms. The maximum atomic E-state index is 13.7. The van der Waals surface area contributed by atoms with E-state index in [1.165, 1.54) is 11.1 Å². The van der Waals surface area contributed by atoms with E-state index < -0.39 is 0 Å². The molecule has 0 atom stereocenters. The molecule has 7 heteroatoms. The smallest absolute Gasteiger partial charge is 0.193 e. The highest BCUT2D eigenvalue weighted by atomic mass is 79.9. The standard InChI is InChI=1S/C21H27BrFN5/c1-16-14-25-7-5-18(16)6-8-26-21(24-2)28-11-9-27(10-12-28)15-17-3-4-19(22)20(23)13-17/h3-5,7,13-14H,6,8-12,15H2,1-2H3,(H,24,26). The molecule has 0 amide bonds. The molecule has 1 N–H and O–H groups in total. The molecule has 1 fully saturated rings. The van der Waals surface area contributed by atoms with Crippen LogP contribution in [0.25, 0.3) is 0 Å². The number of hydrogen-bond donors (Lipinski definition) is 1. The van der Waals surface area contributed by atoms with Crippen molar-refractivity contribution in [3.8, 4) is 0 Å². The maximum absolute atomic E-state index is 13.7. The summed E-state index contributed by atoms with van der Waals surface area (Å²) in [7, 11) is 1.83. The Hall–Kier alpha value is -1.99. The van der Waals surface area contributed by atoms with Gasteiger partial charge in [0.2, 0.25) is 0 Å². The van der Waals surface area contributed by atoms with Crippen molar-refractivity contribution in [2.75, 3.05) is 39.8 Å². The number of piperazine rings is 1. The summed E-state index contributed by atoms with van der Waals surface area (Å²) >= 11 is 3.21. The zero-order valence-corrected chi connectivity index (χ0v) is 18.0. The van der Waals surface area contributed by atoms with E-state index in [0.717, 1.165) is 57.2 Å². The number of aromatic nitrogens is 1. The molecule has 1 aliphatic heterocycles. The lowest BCUT2D eigenvalue weighted by Crippen LogP contribution is -2.52. The average molecular weight is 448 g/mol. The topological polar surface area (TPSA) is 43.8 Å². The summed E-state index contributed by atoms with van der Waals surface area (Å²) in [6.45, 7) is 7.39. The quantitative estimate of drug-likeness (QED) is 0.564. The van der Waals surface area contributed by atoms with Gasteiger partial charge in [0.05, 0.1) is 4.47 Å². The Morgan fingerprint density at radius 3 is 2.71 bits per heavy atom. The van der Waals surface area contributed by atoms with E-state index in [0.29, 0.717) is 4.47 Å². The Bertz CT molecular complexity index is 818. The number of rotatable bonds is 5. The minimum Gasteiger partial charge on any atom is -0.356 e. The van der Waals surface area contributed by atoms with Crippen LogP contribution in [-0.4, -0.2) is 60.5 Å². The van der Waals surface area contributed by atoms with Gasteiger partial charge in [-0.3, -0.25) is 14.9 Å². The largest absolute Gasteiger partial charge is 0.356 e. The molecule has 0 saturated carbocycles. The molecule has 0 unspecified atom stereocenters. The van der Waals surface area contributed by atoms with Gasteiger partial charge in [-0.1, -0.05) is 6.07 Å². The van der Waals surface area contributed by atoms with Crippen LogP contribution in [0.3, 0.4) is 0 Å². The fraction of sp³-hybridized carbons (Fsp3) is 0.429. The Balaban J connectivity index is 1.46. The predicted octanol–water partition coefficient (Wildman–Crippen LogP) is 3.23. The molecule has 0 aliphatic carbocycles. The number of nitrogens with one attached hydrogen (secondary N) is 1. The molecule has 1 saturated heterocycles. The predicted molar refractivity (Wildman–Crippen MR) is 115 cm³/mol. The van der Waals surface area contributed by atoms with E-state index >= 15 is 0 Å². The van der Waals surface area contributed by atoms with Gasteiger partial charge in [-0.15, -0.1) is 0 Å². The van der Waals surface area contributed by atoms with Crippen LogP contribution in [0.2, 0.25) is 0 Å². The van der Waals surface area contributed by atoms with Crippen LogP contribution in [0.5, 0.6) is 0 Å². The number of halogens is 2. The summed E-state index contributed by atoms with van der Waals surface area (Å²) in [6, 6.07) is 7.43. The van der Waals surface area contributed by atoms with Crippen molar-refractivity contribution in [2.24, 2.45) is 4.99 Å². The van der Waals surface area contributed by atoms with Gasteiger partial charge in [0.25, 0.3) is 0 Å². The summed E-state index contributed by atoms with van der Waals surface area (Å²) in [5.41, 5.74) is 3.53. The third kappa shape index (κ3) is 5.52. The summed E-state index contributed by atoms with van der Waals surface area (Å²) in [4.78, 5) is 13.2. The molecular weight excluding hydrogens is 421 g/mol. The third-order valence-corrected chi connectivity index (χ3v) is 5.73. The fourth-order valence-electron chi connectivity index (χ4n) is 3.44. The monoisotopic (exact) mass is 447 g/mol. The van der Waals surface area contributed by atoms with Crippen molar-refractivity contribution >= 4 is 21.9 Å². The third-order valence-electron chi connectivity index (χ3n) is 5.09. The van der Waals surface area contributed by atoms with Crippen LogP contribution in [0.1, 0.15) is 16.7 Å². The highest BCUT2D eigenvalue weighted by Crippen LogP contribution is 2.18. The van der Waals surface area contributed by atoms with Gasteiger partial charge in [0.15, 0.2) is 5.96 Å². The van der Waals surface area contributed by atoms with Crippen molar-refractivity contribution in [1.29, 1.82) is 0 Å². The molecule has 2 aromatic rings. The van der Waals surface area contributed by atoms with Gasteiger partial charge in [-0.05, 0) is 64.2 Å². The van der Waals surface area contributed by atoms with E-state index in [4.69, 9.17) is 0 Å². The molecule has 0 radical (unpaired) electrons. The van der Waals surface area contributed by atoms with E-state index in [2.05, 4.69) is 54.0 Å². The number of hydrogen-bond acceptors (Lipinski definition) is 3. The molecular formula is C21H27BrFN5. The highest BCUT2D eigenvalue weighted by Gasteiger charge is 2.19. The van der Waals surface area contributed by atoms with Crippen molar-refractivity contribution in [3.05, 3.63) is 63.6 Å². The summed E-state index contributed by atoms with van der Waals surface area (Å²) in [5.74, 6) is 0.742. The summed E-state index contributed by atoms with van der Waals surface area (Å²) in [6.07, 6.45) is 4.69. The van der Waals surface area contributed by atoms with Gasteiger partial charge in [0, 0.05) is 58.7 Å². The molecule has 5 nitrogen and oxygen atoms in total. The van der Waals surface area contributed by atoms with Gasteiger partial charge in [-0.2, -0.15) is 0 Å². The number of benzene rings is 1. The lowest BCUT2D eigenvalue weighted by Gasteiger charge is -2.36. The second kappa shape index (κ2) is 9.98. The average Bonchev–Trinajstić information content (AvgIpc) is 2.70. The first kappa shape index (κ1) is 20.7. The SMILES string of the molecule is CN=C(NCCc1ccncc1C)N1CCN(Cc2ccc(Br)c(F)c2)CC1. The zero-order chi connectivity index (χ0) is 19.9. The van der Waals surface area contributed by atoms with Crippen LogP contribution in [0.15, 0.2) is 46.1 Å². The lowest BCUT2D eigenvalue weighted by molar-refractivity contribution is 0.172. The van der Waals surface area contributed by atoms with Crippen LogP contribution in [0, 0.1) is 12.7 Å². The van der Waals surface area contributed by atoms with Gasteiger partial charge in [-0.25, -0.2) is 4.39 Å². The van der Waals surface area contributed by atoms with Gasteiger partial charge < -0.3 is 10.2 Å². The maximum Gasteiger partial charge on any atom is 0.193 e. The number of pyridine rings is 1. The fourth-order valence-corrected chi connectivity index (χ4v) is 3.68. The number of nitrogens with zero attached hydrogens (tertiary/aromatic N) is 4. The van der Waals surface area contributed by atoms with Crippen LogP contribution in [0.4, 0.5) is 4.39 Å². The first-order valence-electron chi connectivity index (χ1n) is 9.58. The Kier molecular flexibility index (Phi) is 7.39. The van der Waals surface area contributed by atoms with E-state index in [-0.39, 0.29) is 5.82 Å². The highest BCUT2D eigenvalue weighted by molar-refractivity contribution is 9.10. The van der Waals surface area contributed by atoms with E-state index in [1.54, 1.807) is 12.1 Å². The molecule has 150 valence electrons. The van der Waals surface area contributed by atoms with Crippen molar-refractivity contribution in [2.45, 2.75) is 19.9 Å². The molecule has 1 aliphatic rings. The van der Waals surface area contributed by atoms with Crippen molar-refractivity contribution < 1.29 is 4.39 Å². The summed E-state index contributed by atoms with van der Waals surface area (Å²) in [5, 5.41) is 3.48. The second-order valence-corrected chi connectivity index (χ2v) is 7.89. The van der Waals surface area contributed by atoms with Crippen molar-refractivity contribution in [3.63, 3.8) is 0 Å². The molecule has 2 heterocycles. The molecule has 28 heavy (non-hydrogen) atoms.